The van der Waals surface area contributed by atoms with E-state index < -0.39 is 0 Å². The van der Waals surface area contributed by atoms with Crippen molar-refractivity contribution in [2.24, 2.45) is 0 Å². The van der Waals surface area contributed by atoms with Crippen LogP contribution in [0.25, 0.3) is 10.8 Å². The highest BCUT2D eigenvalue weighted by Crippen LogP contribution is 2.15. The molecule has 2 nitrogen and oxygen atoms in total. The maximum atomic E-state index is 11.5. The lowest BCUT2D eigenvalue weighted by molar-refractivity contribution is 1.14. The molecule has 0 amide bonds. The summed E-state index contributed by atoms with van der Waals surface area (Å²) in [4.78, 5) is 14.0. The largest absolute Gasteiger partial charge is 0.312 e. The highest BCUT2D eigenvalue weighted by molar-refractivity contribution is 6.30. The van der Waals surface area contributed by atoms with Crippen molar-refractivity contribution in [2.75, 3.05) is 0 Å². The summed E-state index contributed by atoms with van der Waals surface area (Å²) in [5.41, 5.74) is 1.08. The van der Waals surface area contributed by atoms with Crippen molar-refractivity contribution >= 4 is 22.4 Å². The van der Waals surface area contributed by atoms with E-state index in [9.17, 15) is 4.79 Å². The second-order valence-corrected chi connectivity index (χ2v) is 3.63. The van der Waals surface area contributed by atoms with E-state index in [1.54, 1.807) is 6.07 Å². The molecule has 1 N–H and O–H groups in total. The molecule has 0 aliphatic carbocycles. The summed E-state index contributed by atoms with van der Waals surface area (Å²) >= 11 is 5.76. The zero-order chi connectivity index (χ0) is 10.1. The van der Waals surface area contributed by atoms with Gasteiger partial charge in [0.25, 0.3) is 5.56 Å². The monoisotopic (exact) mass is 207 g/mol. The quantitative estimate of drug-likeness (QED) is 0.717. The fourth-order valence-corrected chi connectivity index (χ4v) is 1.71. The fourth-order valence-electron chi connectivity index (χ4n) is 1.51. The van der Waals surface area contributed by atoms with Gasteiger partial charge >= 0.3 is 0 Å². The van der Waals surface area contributed by atoms with Crippen molar-refractivity contribution in [3.05, 3.63) is 45.3 Å². The number of H-pyrrole nitrogens is 1. The molecule has 0 unspecified atom stereocenters. The zero-order valence-corrected chi connectivity index (χ0v) is 8.56. The number of hydrogen-bond acceptors (Lipinski definition) is 1. The van der Waals surface area contributed by atoms with Crippen molar-refractivity contribution in [3.8, 4) is 0 Å². The summed E-state index contributed by atoms with van der Waals surface area (Å²) in [7, 11) is 0. The number of benzene rings is 1. The molecule has 1 aromatic carbocycles. The maximum absolute atomic E-state index is 11.5. The van der Waals surface area contributed by atoms with Gasteiger partial charge in [0.2, 0.25) is 0 Å². The molecule has 14 heavy (non-hydrogen) atoms. The third-order valence-corrected chi connectivity index (χ3v) is 2.49. The molecular weight excluding hydrogens is 198 g/mol. The van der Waals surface area contributed by atoms with Crippen LogP contribution in [-0.4, -0.2) is 4.98 Å². The molecule has 1 aromatic heterocycles. The van der Waals surface area contributed by atoms with Crippen molar-refractivity contribution in [3.63, 3.8) is 0 Å². The Kier molecular flexibility index (Phi) is 2.30. The number of pyridine rings is 1. The summed E-state index contributed by atoms with van der Waals surface area (Å²) in [5, 5.41) is 1.97. The van der Waals surface area contributed by atoms with Gasteiger partial charge in [-0.1, -0.05) is 30.7 Å². The number of halogens is 1. The van der Waals surface area contributed by atoms with Gasteiger partial charge in [0.15, 0.2) is 0 Å². The van der Waals surface area contributed by atoms with E-state index in [4.69, 9.17) is 11.6 Å². The molecule has 0 atom stereocenters. The van der Waals surface area contributed by atoms with Crippen LogP contribution in [0.15, 0.2) is 29.1 Å². The van der Waals surface area contributed by atoms with Crippen LogP contribution in [0.3, 0.4) is 0 Å². The molecule has 0 aliphatic rings. The van der Waals surface area contributed by atoms with Crippen LogP contribution in [0.1, 0.15) is 12.5 Å². The topological polar surface area (TPSA) is 32.9 Å². The van der Waals surface area contributed by atoms with Gasteiger partial charge in [0.1, 0.15) is 5.15 Å². The van der Waals surface area contributed by atoms with Crippen LogP contribution in [0, 0.1) is 0 Å². The first-order chi connectivity index (χ1) is 6.70. The second kappa shape index (κ2) is 3.46. The Balaban J connectivity index is 2.82. The van der Waals surface area contributed by atoms with E-state index in [0.29, 0.717) is 10.5 Å². The average Bonchev–Trinajstić information content (AvgIpc) is 2.16. The van der Waals surface area contributed by atoms with Gasteiger partial charge in [0, 0.05) is 5.39 Å². The summed E-state index contributed by atoms with van der Waals surface area (Å²) in [6, 6.07) is 7.57. The number of fused-ring (bicyclic) bond motifs is 1. The van der Waals surface area contributed by atoms with Crippen LogP contribution < -0.4 is 5.56 Å². The predicted octanol–water partition coefficient (Wildman–Crippen LogP) is 2.74. The molecule has 0 saturated heterocycles. The van der Waals surface area contributed by atoms with E-state index in [-0.39, 0.29) is 5.56 Å². The molecule has 2 rings (SSSR count). The number of aryl methyl sites for hydroxylation is 1. The first kappa shape index (κ1) is 9.28. The Bertz CT molecular complexity index is 530. The van der Waals surface area contributed by atoms with E-state index in [0.717, 1.165) is 11.8 Å². The standard InChI is InChI=1S/C11H10ClNO/c1-2-7-3-4-9-8(5-7)6-10(12)13-11(9)14/h3-6H,2H2,1H3,(H,13,14). The highest BCUT2D eigenvalue weighted by Gasteiger charge is 2.00. The number of nitrogens with one attached hydrogen (secondary N) is 1. The summed E-state index contributed by atoms with van der Waals surface area (Å²) < 4.78 is 0. The third kappa shape index (κ3) is 1.53. The molecule has 0 aliphatic heterocycles. The van der Waals surface area contributed by atoms with Gasteiger partial charge in [-0.05, 0) is 29.5 Å². The molecule has 1 heterocycles. The Labute approximate surface area is 86.5 Å². The third-order valence-electron chi connectivity index (χ3n) is 2.28. The van der Waals surface area contributed by atoms with Crippen molar-refractivity contribution in [1.82, 2.24) is 4.98 Å². The second-order valence-electron chi connectivity index (χ2n) is 3.22. The van der Waals surface area contributed by atoms with Gasteiger partial charge in [-0.15, -0.1) is 0 Å². The van der Waals surface area contributed by atoms with E-state index in [1.807, 2.05) is 18.2 Å². The summed E-state index contributed by atoms with van der Waals surface area (Å²) in [6.07, 6.45) is 0.959. The predicted molar refractivity (Wildman–Crippen MR) is 59.0 cm³/mol. The minimum absolute atomic E-state index is 0.129. The first-order valence-electron chi connectivity index (χ1n) is 4.52. The first-order valence-corrected chi connectivity index (χ1v) is 4.90. The van der Waals surface area contributed by atoms with Crippen LogP contribution in [-0.2, 0) is 6.42 Å². The number of rotatable bonds is 1. The molecule has 0 fully saturated rings. The Morgan fingerprint density at radius 2 is 2.14 bits per heavy atom. The SMILES string of the molecule is CCc1ccc2c(=O)[nH]c(Cl)cc2c1. The van der Waals surface area contributed by atoms with Crippen molar-refractivity contribution in [1.29, 1.82) is 0 Å². The van der Waals surface area contributed by atoms with E-state index >= 15 is 0 Å². The maximum Gasteiger partial charge on any atom is 0.256 e. The molecular formula is C11H10ClNO. The van der Waals surface area contributed by atoms with E-state index in [1.165, 1.54) is 5.56 Å². The van der Waals surface area contributed by atoms with Gasteiger partial charge in [-0.2, -0.15) is 0 Å². The van der Waals surface area contributed by atoms with Crippen LogP contribution in [0.5, 0.6) is 0 Å². The van der Waals surface area contributed by atoms with Crippen LogP contribution in [0.2, 0.25) is 5.15 Å². The molecule has 0 spiro atoms. The molecule has 72 valence electrons. The highest BCUT2D eigenvalue weighted by atomic mass is 35.5. The lowest BCUT2D eigenvalue weighted by Crippen LogP contribution is -2.05. The molecule has 2 aromatic rings. The lowest BCUT2D eigenvalue weighted by Gasteiger charge is -2.00. The molecule has 0 saturated carbocycles. The summed E-state index contributed by atoms with van der Waals surface area (Å²) in [6.45, 7) is 2.08. The Hall–Kier alpha value is -1.28. The minimum atomic E-state index is -0.129. The van der Waals surface area contributed by atoms with Crippen molar-refractivity contribution < 1.29 is 0 Å². The van der Waals surface area contributed by atoms with Crippen molar-refractivity contribution in [2.45, 2.75) is 13.3 Å². The Morgan fingerprint density at radius 1 is 1.36 bits per heavy atom. The minimum Gasteiger partial charge on any atom is -0.312 e. The number of aromatic nitrogens is 1. The van der Waals surface area contributed by atoms with Crippen LogP contribution in [0.4, 0.5) is 0 Å². The Morgan fingerprint density at radius 3 is 2.86 bits per heavy atom. The smallest absolute Gasteiger partial charge is 0.256 e. The zero-order valence-electron chi connectivity index (χ0n) is 7.80. The van der Waals surface area contributed by atoms with Gasteiger partial charge in [-0.25, -0.2) is 0 Å². The van der Waals surface area contributed by atoms with Gasteiger partial charge in [-0.3, -0.25) is 4.79 Å². The van der Waals surface area contributed by atoms with Crippen LogP contribution >= 0.6 is 11.6 Å². The van der Waals surface area contributed by atoms with E-state index in [2.05, 4.69) is 11.9 Å². The van der Waals surface area contributed by atoms with Gasteiger partial charge < -0.3 is 4.98 Å². The number of aromatic amines is 1. The van der Waals surface area contributed by atoms with Gasteiger partial charge in [0.05, 0.1) is 0 Å². The lowest BCUT2D eigenvalue weighted by atomic mass is 10.1. The normalized spacial score (nSPS) is 10.7. The average molecular weight is 208 g/mol. The number of hydrogen-bond donors (Lipinski definition) is 1. The fraction of sp³-hybridized carbons (Fsp3) is 0.182. The molecule has 3 heteroatoms. The molecule has 0 bridgehead atoms. The summed E-state index contributed by atoms with van der Waals surface area (Å²) in [5.74, 6) is 0. The molecule has 0 radical (unpaired) electrons.